The van der Waals surface area contributed by atoms with E-state index < -0.39 is 0 Å². The van der Waals surface area contributed by atoms with Crippen LogP contribution in [-0.4, -0.2) is 9.38 Å². The largest absolute Gasteiger partial charge is 0.288 e. The van der Waals surface area contributed by atoms with Gasteiger partial charge in [-0.05, 0) is 23.6 Å². The van der Waals surface area contributed by atoms with Crippen LogP contribution in [0.25, 0.3) is 16.2 Å². The number of hydrogen-bond donors (Lipinski definition) is 0. The molecule has 0 aromatic carbocycles. The van der Waals surface area contributed by atoms with E-state index in [1.165, 1.54) is 28.0 Å². The van der Waals surface area contributed by atoms with Crippen LogP contribution in [0.3, 0.4) is 0 Å². The van der Waals surface area contributed by atoms with Crippen molar-refractivity contribution >= 4 is 17.0 Å². The Morgan fingerprint density at radius 1 is 1.35 bits per heavy atom. The minimum atomic E-state index is -0.385. The normalized spacial score (nSPS) is 10.6. The molecule has 0 amide bonds. The minimum Gasteiger partial charge on any atom is -0.288 e. The maximum absolute atomic E-state index is 13.1. The van der Waals surface area contributed by atoms with Gasteiger partial charge in [0.15, 0.2) is 5.69 Å². The molecular formula is C12H6FN3S. The first-order valence-electron chi connectivity index (χ1n) is 4.91. The van der Waals surface area contributed by atoms with Crippen molar-refractivity contribution in [1.82, 2.24) is 9.38 Å². The van der Waals surface area contributed by atoms with Gasteiger partial charge in [-0.2, -0.15) is 5.26 Å². The lowest BCUT2D eigenvalue weighted by Gasteiger charge is -1.94. The predicted octanol–water partition coefficient (Wildman–Crippen LogP) is 3.07. The maximum Gasteiger partial charge on any atom is 0.153 e. The number of halogens is 1. The van der Waals surface area contributed by atoms with E-state index in [4.69, 9.17) is 5.26 Å². The molecular weight excluding hydrogens is 237 g/mol. The summed E-state index contributed by atoms with van der Waals surface area (Å²) in [5, 5.41) is 11.1. The van der Waals surface area contributed by atoms with Crippen LogP contribution in [0.1, 0.15) is 5.69 Å². The summed E-state index contributed by atoms with van der Waals surface area (Å²) in [4.78, 5) is 5.26. The highest BCUT2D eigenvalue weighted by atomic mass is 32.1. The molecule has 0 unspecified atom stereocenters. The quantitative estimate of drug-likeness (QED) is 0.659. The molecule has 0 saturated heterocycles. The van der Waals surface area contributed by atoms with E-state index in [-0.39, 0.29) is 5.82 Å². The molecule has 3 nitrogen and oxygen atoms in total. The molecule has 0 atom stereocenters. The molecule has 3 heterocycles. The second kappa shape index (κ2) is 3.68. The minimum absolute atomic E-state index is 0.363. The van der Waals surface area contributed by atoms with Crippen LogP contribution in [0.2, 0.25) is 0 Å². The molecule has 3 aromatic rings. The van der Waals surface area contributed by atoms with E-state index in [0.29, 0.717) is 17.0 Å². The number of aromatic nitrogens is 2. The lowest BCUT2D eigenvalue weighted by atomic mass is 10.3. The smallest absolute Gasteiger partial charge is 0.153 e. The molecule has 0 bridgehead atoms. The van der Waals surface area contributed by atoms with Crippen LogP contribution in [0.4, 0.5) is 4.39 Å². The van der Waals surface area contributed by atoms with Crippen LogP contribution in [-0.2, 0) is 0 Å². The van der Waals surface area contributed by atoms with Crippen molar-refractivity contribution in [3.8, 4) is 16.6 Å². The molecule has 5 heteroatoms. The van der Waals surface area contributed by atoms with Gasteiger partial charge in [-0.25, -0.2) is 9.37 Å². The summed E-state index contributed by atoms with van der Waals surface area (Å²) >= 11 is 1.50. The summed E-state index contributed by atoms with van der Waals surface area (Å²) < 4.78 is 14.6. The zero-order valence-corrected chi connectivity index (χ0v) is 9.41. The van der Waals surface area contributed by atoms with Gasteiger partial charge in [-0.15, -0.1) is 11.3 Å². The topological polar surface area (TPSA) is 41.1 Å². The third-order valence-electron chi connectivity index (χ3n) is 2.44. The standard InChI is InChI=1S/C12H6FN3S/c13-8-3-4-11-15-12(10-2-1-5-17-10)9(6-14)16(11)7-8/h1-5,7H. The molecule has 0 spiro atoms. The second-order valence-corrected chi connectivity index (χ2v) is 4.42. The van der Waals surface area contributed by atoms with Crippen molar-refractivity contribution in [2.24, 2.45) is 0 Å². The highest BCUT2D eigenvalue weighted by Crippen LogP contribution is 2.27. The molecule has 0 aliphatic heterocycles. The van der Waals surface area contributed by atoms with Crippen molar-refractivity contribution < 1.29 is 4.39 Å². The lowest BCUT2D eigenvalue weighted by Crippen LogP contribution is -1.89. The van der Waals surface area contributed by atoms with Gasteiger partial charge in [0.05, 0.1) is 4.88 Å². The summed E-state index contributed by atoms with van der Waals surface area (Å²) in [7, 11) is 0. The summed E-state index contributed by atoms with van der Waals surface area (Å²) in [6, 6.07) is 8.76. The molecule has 0 fully saturated rings. The van der Waals surface area contributed by atoms with E-state index in [1.54, 1.807) is 6.07 Å². The fourth-order valence-corrected chi connectivity index (χ4v) is 2.43. The van der Waals surface area contributed by atoms with Crippen molar-refractivity contribution in [3.05, 3.63) is 47.4 Å². The number of pyridine rings is 1. The molecule has 82 valence electrons. The number of hydrogen-bond acceptors (Lipinski definition) is 3. The van der Waals surface area contributed by atoms with E-state index in [0.717, 1.165) is 4.88 Å². The van der Waals surface area contributed by atoms with E-state index in [9.17, 15) is 4.39 Å². The average molecular weight is 243 g/mol. The van der Waals surface area contributed by atoms with Crippen molar-refractivity contribution in [2.45, 2.75) is 0 Å². The van der Waals surface area contributed by atoms with Gasteiger partial charge in [-0.3, -0.25) is 4.40 Å². The Kier molecular flexibility index (Phi) is 2.16. The fraction of sp³-hybridized carbons (Fsp3) is 0. The summed E-state index contributed by atoms with van der Waals surface area (Å²) in [6.45, 7) is 0. The molecule has 3 rings (SSSR count). The third-order valence-corrected chi connectivity index (χ3v) is 3.32. The molecule has 17 heavy (non-hydrogen) atoms. The SMILES string of the molecule is N#Cc1c(-c2cccs2)nc2ccc(F)cn12. The summed E-state index contributed by atoms with van der Waals surface area (Å²) in [5.74, 6) is -0.385. The van der Waals surface area contributed by atoms with Gasteiger partial charge >= 0.3 is 0 Å². The molecule has 0 aliphatic carbocycles. The number of nitriles is 1. The summed E-state index contributed by atoms with van der Waals surface area (Å²) in [5.41, 5.74) is 1.54. The monoisotopic (exact) mass is 243 g/mol. The molecule has 0 radical (unpaired) electrons. The number of rotatable bonds is 1. The Morgan fingerprint density at radius 2 is 2.24 bits per heavy atom. The van der Waals surface area contributed by atoms with Crippen LogP contribution in [0.5, 0.6) is 0 Å². The van der Waals surface area contributed by atoms with Gasteiger partial charge in [0.25, 0.3) is 0 Å². The number of imidazole rings is 1. The van der Waals surface area contributed by atoms with Crippen LogP contribution < -0.4 is 0 Å². The Labute approximate surface area is 100 Å². The van der Waals surface area contributed by atoms with E-state index >= 15 is 0 Å². The van der Waals surface area contributed by atoms with Crippen LogP contribution in [0.15, 0.2) is 35.8 Å². The van der Waals surface area contributed by atoms with Crippen LogP contribution in [0, 0.1) is 17.1 Å². The van der Waals surface area contributed by atoms with Crippen molar-refractivity contribution in [2.75, 3.05) is 0 Å². The highest BCUT2D eigenvalue weighted by Gasteiger charge is 2.14. The maximum atomic E-state index is 13.1. The van der Waals surface area contributed by atoms with E-state index in [1.807, 2.05) is 17.5 Å². The lowest BCUT2D eigenvalue weighted by molar-refractivity contribution is 0.619. The number of nitrogens with zero attached hydrogens (tertiary/aromatic N) is 3. The summed E-state index contributed by atoms with van der Waals surface area (Å²) in [6.07, 6.45) is 1.28. The molecule has 0 aliphatic rings. The first-order valence-corrected chi connectivity index (χ1v) is 5.79. The van der Waals surface area contributed by atoms with Gasteiger partial charge in [-0.1, -0.05) is 6.07 Å². The zero-order valence-electron chi connectivity index (χ0n) is 8.59. The second-order valence-electron chi connectivity index (χ2n) is 3.47. The highest BCUT2D eigenvalue weighted by molar-refractivity contribution is 7.13. The molecule has 0 saturated carbocycles. The Morgan fingerprint density at radius 3 is 2.94 bits per heavy atom. The number of thiophene rings is 1. The first kappa shape index (κ1) is 10.00. The van der Waals surface area contributed by atoms with Gasteiger partial charge < -0.3 is 0 Å². The van der Waals surface area contributed by atoms with E-state index in [2.05, 4.69) is 11.1 Å². The predicted molar refractivity (Wildman–Crippen MR) is 63.2 cm³/mol. The Hall–Kier alpha value is -2.19. The van der Waals surface area contributed by atoms with Crippen molar-refractivity contribution in [3.63, 3.8) is 0 Å². The fourth-order valence-electron chi connectivity index (χ4n) is 1.71. The third kappa shape index (κ3) is 1.50. The average Bonchev–Trinajstić information content (AvgIpc) is 2.94. The molecule has 3 aromatic heterocycles. The zero-order chi connectivity index (χ0) is 11.8. The van der Waals surface area contributed by atoms with Crippen LogP contribution >= 0.6 is 11.3 Å². The molecule has 0 N–H and O–H groups in total. The van der Waals surface area contributed by atoms with Gasteiger partial charge in [0, 0.05) is 6.20 Å². The Bertz CT molecular complexity index is 722. The van der Waals surface area contributed by atoms with Gasteiger partial charge in [0.2, 0.25) is 0 Å². The van der Waals surface area contributed by atoms with Crippen molar-refractivity contribution in [1.29, 1.82) is 5.26 Å². The van der Waals surface area contributed by atoms with Gasteiger partial charge in [0.1, 0.15) is 23.2 Å². The Balaban J connectivity index is 2.37. The first-order chi connectivity index (χ1) is 8.29. The number of fused-ring (bicyclic) bond motifs is 1.